The van der Waals surface area contributed by atoms with E-state index in [1.54, 1.807) is 0 Å². The molecule has 0 radical (unpaired) electrons. The highest BCUT2D eigenvalue weighted by molar-refractivity contribution is 4.83. The van der Waals surface area contributed by atoms with Crippen LogP contribution < -0.4 is 0 Å². The van der Waals surface area contributed by atoms with Crippen molar-refractivity contribution in [1.82, 2.24) is 4.90 Å². The maximum absolute atomic E-state index is 9.75. The molecule has 0 aromatic rings. The molecule has 0 aliphatic carbocycles. The van der Waals surface area contributed by atoms with Gasteiger partial charge >= 0.3 is 0 Å². The summed E-state index contributed by atoms with van der Waals surface area (Å²) in [5, 5.41) is 9.75. The normalized spacial score (nSPS) is 34.6. The third-order valence-corrected chi connectivity index (χ3v) is 2.43. The van der Waals surface area contributed by atoms with Crippen LogP contribution in [0.25, 0.3) is 0 Å². The fraction of sp³-hybridized carbons (Fsp3) is 1.00. The van der Waals surface area contributed by atoms with Crippen LogP contribution in [-0.2, 0) is 0 Å². The predicted molar refractivity (Wildman–Crippen MR) is 46.6 cm³/mol. The minimum atomic E-state index is -0.442. The summed E-state index contributed by atoms with van der Waals surface area (Å²) in [6.07, 6.45) is 2.08. The van der Waals surface area contributed by atoms with Crippen LogP contribution in [0.3, 0.4) is 0 Å². The summed E-state index contributed by atoms with van der Waals surface area (Å²) in [5.41, 5.74) is -0.442. The molecule has 1 fully saturated rings. The van der Waals surface area contributed by atoms with Gasteiger partial charge in [0.2, 0.25) is 0 Å². The zero-order chi connectivity index (χ0) is 8.48. The Kier molecular flexibility index (Phi) is 2.55. The molecule has 1 N–H and O–H groups in total. The molecular weight excluding hydrogens is 138 g/mol. The quantitative estimate of drug-likeness (QED) is 0.619. The van der Waals surface area contributed by atoms with E-state index in [0.717, 1.165) is 25.9 Å². The van der Waals surface area contributed by atoms with E-state index in [0.29, 0.717) is 6.04 Å². The van der Waals surface area contributed by atoms with Crippen molar-refractivity contribution in [3.05, 3.63) is 0 Å². The Balaban J connectivity index is 2.46. The topological polar surface area (TPSA) is 23.5 Å². The summed E-state index contributed by atoms with van der Waals surface area (Å²) in [6.45, 7) is 8.28. The second-order valence-corrected chi connectivity index (χ2v) is 4.16. The molecule has 1 heterocycles. The fourth-order valence-corrected chi connectivity index (χ4v) is 1.70. The second kappa shape index (κ2) is 3.11. The summed E-state index contributed by atoms with van der Waals surface area (Å²) in [7, 11) is 0. The van der Waals surface area contributed by atoms with Gasteiger partial charge in [-0.15, -0.1) is 0 Å². The molecular formula is C9H19NO. The molecule has 0 bridgehead atoms. The fourth-order valence-electron chi connectivity index (χ4n) is 1.70. The van der Waals surface area contributed by atoms with Crippen molar-refractivity contribution in [2.45, 2.75) is 45.3 Å². The first-order chi connectivity index (χ1) is 5.01. The van der Waals surface area contributed by atoms with E-state index >= 15 is 0 Å². The molecule has 0 aromatic heterocycles. The van der Waals surface area contributed by atoms with Gasteiger partial charge in [-0.05, 0) is 40.2 Å². The Morgan fingerprint density at radius 1 is 1.45 bits per heavy atom. The summed E-state index contributed by atoms with van der Waals surface area (Å²) in [5.74, 6) is 0. The lowest BCUT2D eigenvalue weighted by Gasteiger charge is -2.39. The van der Waals surface area contributed by atoms with Crippen molar-refractivity contribution in [3.8, 4) is 0 Å². The molecule has 66 valence electrons. The van der Waals surface area contributed by atoms with Crippen LogP contribution in [0.5, 0.6) is 0 Å². The molecule has 11 heavy (non-hydrogen) atoms. The van der Waals surface area contributed by atoms with Crippen molar-refractivity contribution in [1.29, 1.82) is 0 Å². The van der Waals surface area contributed by atoms with E-state index in [1.165, 1.54) is 0 Å². The van der Waals surface area contributed by atoms with Gasteiger partial charge in [-0.1, -0.05) is 0 Å². The number of aliphatic hydroxyl groups is 1. The number of piperidine rings is 1. The highest BCUT2D eigenvalue weighted by Crippen LogP contribution is 2.21. The Bertz CT molecular complexity index is 132. The summed E-state index contributed by atoms with van der Waals surface area (Å²) in [6, 6.07) is 0.571. The SMILES string of the molecule is CC(C)N1CCC[C@@](C)(O)C1. The Hall–Kier alpha value is -0.0800. The third-order valence-electron chi connectivity index (χ3n) is 2.43. The first-order valence-corrected chi connectivity index (χ1v) is 4.48. The van der Waals surface area contributed by atoms with E-state index < -0.39 is 5.60 Å². The van der Waals surface area contributed by atoms with Gasteiger partial charge in [0.1, 0.15) is 0 Å². The number of rotatable bonds is 1. The van der Waals surface area contributed by atoms with Gasteiger partial charge in [0.15, 0.2) is 0 Å². The van der Waals surface area contributed by atoms with Gasteiger partial charge in [-0.25, -0.2) is 0 Å². The number of hydrogen-bond donors (Lipinski definition) is 1. The average molecular weight is 157 g/mol. The average Bonchev–Trinajstić information content (AvgIpc) is 1.85. The van der Waals surface area contributed by atoms with Gasteiger partial charge in [0.05, 0.1) is 5.60 Å². The zero-order valence-electron chi connectivity index (χ0n) is 7.80. The van der Waals surface area contributed by atoms with Crippen LogP contribution in [0.1, 0.15) is 33.6 Å². The van der Waals surface area contributed by atoms with E-state index in [1.807, 2.05) is 6.92 Å². The van der Waals surface area contributed by atoms with Gasteiger partial charge in [-0.3, -0.25) is 4.90 Å². The van der Waals surface area contributed by atoms with Crippen molar-refractivity contribution >= 4 is 0 Å². The van der Waals surface area contributed by atoms with E-state index in [9.17, 15) is 5.11 Å². The van der Waals surface area contributed by atoms with Crippen molar-refractivity contribution in [2.75, 3.05) is 13.1 Å². The summed E-state index contributed by atoms with van der Waals surface area (Å²) >= 11 is 0. The maximum Gasteiger partial charge on any atom is 0.0746 e. The smallest absolute Gasteiger partial charge is 0.0746 e. The zero-order valence-corrected chi connectivity index (χ0v) is 7.80. The molecule has 0 amide bonds. The van der Waals surface area contributed by atoms with Gasteiger partial charge < -0.3 is 5.11 Å². The minimum Gasteiger partial charge on any atom is -0.389 e. The highest BCUT2D eigenvalue weighted by atomic mass is 16.3. The van der Waals surface area contributed by atoms with Crippen LogP contribution in [0, 0.1) is 0 Å². The largest absolute Gasteiger partial charge is 0.389 e. The molecule has 2 heteroatoms. The Morgan fingerprint density at radius 3 is 2.45 bits per heavy atom. The molecule has 1 aliphatic rings. The Labute approximate surface area is 69.2 Å². The molecule has 1 aliphatic heterocycles. The van der Waals surface area contributed by atoms with Crippen molar-refractivity contribution < 1.29 is 5.11 Å². The summed E-state index contributed by atoms with van der Waals surface area (Å²) in [4.78, 5) is 2.34. The predicted octanol–water partition coefficient (Wildman–Crippen LogP) is 1.24. The van der Waals surface area contributed by atoms with E-state index in [-0.39, 0.29) is 0 Å². The molecule has 1 saturated heterocycles. The lowest BCUT2D eigenvalue weighted by Crippen LogP contribution is -2.48. The lowest BCUT2D eigenvalue weighted by atomic mass is 9.94. The van der Waals surface area contributed by atoms with E-state index in [4.69, 9.17) is 0 Å². The van der Waals surface area contributed by atoms with E-state index in [2.05, 4.69) is 18.7 Å². The number of hydrogen-bond acceptors (Lipinski definition) is 2. The molecule has 1 rings (SSSR count). The number of nitrogens with zero attached hydrogens (tertiary/aromatic N) is 1. The molecule has 0 spiro atoms. The second-order valence-electron chi connectivity index (χ2n) is 4.16. The number of β-amino-alcohol motifs (C(OH)–C–C–N with tert-alkyl or cyclic N) is 1. The lowest BCUT2D eigenvalue weighted by molar-refractivity contribution is -0.0252. The summed E-state index contributed by atoms with van der Waals surface area (Å²) < 4.78 is 0. The van der Waals surface area contributed by atoms with Gasteiger partial charge in [-0.2, -0.15) is 0 Å². The number of likely N-dealkylation sites (tertiary alicyclic amines) is 1. The van der Waals surface area contributed by atoms with Crippen molar-refractivity contribution in [3.63, 3.8) is 0 Å². The first kappa shape index (κ1) is 9.01. The van der Waals surface area contributed by atoms with Crippen LogP contribution in [0.2, 0.25) is 0 Å². The molecule has 0 saturated carbocycles. The molecule has 1 atom stereocenters. The first-order valence-electron chi connectivity index (χ1n) is 4.48. The third kappa shape index (κ3) is 2.46. The molecule has 0 aromatic carbocycles. The van der Waals surface area contributed by atoms with Crippen LogP contribution in [-0.4, -0.2) is 34.7 Å². The highest BCUT2D eigenvalue weighted by Gasteiger charge is 2.29. The Morgan fingerprint density at radius 2 is 2.09 bits per heavy atom. The standard InChI is InChI=1S/C9H19NO/c1-8(2)10-6-4-5-9(3,11)7-10/h8,11H,4-7H2,1-3H3/t9-/m1/s1. The van der Waals surface area contributed by atoms with Gasteiger partial charge in [0, 0.05) is 12.6 Å². The maximum atomic E-state index is 9.75. The molecule has 2 nitrogen and oxygen atoms in total. The van der Waals surface area contributed by atoms with Crippen LogP contribution in [0.4, 0.5) is 0 Å². The minimum absolute atomic E-state index is 0.442. The van der Waals surface area contributed by atoms with Crippen LogP contribution >= 0.6 is 0 Å². The molecule has 0 unspecified atom stereocenters. The van der Waals surface area contributed by atoms with Crippen LogP contribution in [0.15, 0.2) is 0 Å². The van der Waals surface area contributed by atoms with Gasteiger partial charge in [0.25, 0.3) is 0 Å². The van der Waals surface area contributed by atoms with Crippen molar-refractivity contribution in [2.24, 2.45) is 0 Å². The monoisotopic (exact) mass is 157 g/mol.